The highest BCUT2D eigenvalue weighted by molar-refractivity contribution is 6.30. The zero-order valence-corrected chi connectivity index (χ0v) is 12.1. The molecule has 24 heavy (non-hydrogen) atoms. The van der Waals surface area contributed by atoms with Crippen LogP contribution in [0.15, 0.2) is 30.3 Å². The maximum absolute atomic E-state index is 13.7. The molecule has 0 spiro atoms. The highest BCUT2D eigenvalue weighted by Gasteiger charge is 2.59. The number of carbonyl (C=O) groups is 1. The van der Waals surface area contributed by atoms with Gasteiger partial charge in [-0.15, -0.1) is 0 Å². The number of fused-ring (bicyclic) bond motifs is 1. The minimum absolute atomic E-state index is 0.0985. The van der Waals surface area contributed by atoms with Crippen molar-refractivity contribution in [2.24, 2.45) is 0 Å². The predicted octanol–water partition coefficient (Wildman–Crippen LogP) is 5.58. The third kappa shape index (κ3) is 2.50. The van der Waals surface area contributed by atoms with Crippen molar-refractivity contribution in [3.8, 4) is 11.5 Å². The molecule has 2 aromatic rings. The van der Waals surface area contributed by atoms with Gasteiger partial charge in [0.1, 0.15) is 17.3 Å². The van der Waals surface area contributed by atoms with E-state index in [4.69, 9.17) is 16.3 Å². The van der Waals surface area contributed by atoms with Gasteiger partial charge in [-0.1, -0.05) is 11.6 Å². The number of halogens is 7. The van der Waals surface area contributed by atoms with E-state index in [-0.39, 0.29) is 10.8 Å². The van der Waals surface area contributed by atoms with Gasteiger partial charge in [-0.2, -0.15) is 22.0 Å². The molecule has 0 saturated carbocycles. The molecular formula is C15H5ClF6O2. The number of benzene rings is 2. The highest BCUT2D eigenvalue weighted by Crippen LogP contribution is 2.53. The van der Waals surface area contributed by atoms with Crippen LogP contribution in [0.1, 0.15) is 21.5 Å². The van der Waals surface area contributed by atoms with Crippen LogP contribution in [-0.2, 0) is 12.1 Å². The van der Waals surface area contributed by atoms with Gasteiger partial charge in [0.05, 0.1) is 16.7 Å². The van der Waals surface area contributed by atoms with E-state index in [1.807, 2.05) is 0 Å². The number of hydrogen-bond donors (Lipinski definition) is 0. The lowest BCUT2D eigenvalue weighted by Gasteiger charge is -2.32. The van der Waals surface area contributed by atoms with Crippen LogP contribution in [0.25, 0.3) is 0 Å². The molecule has 1 aliphatic carbocycles. The van der Waals surface area contributed by atoms with Crippen molar-refractivity contribution in [3.63, 3.8) is 0 Å². The standard InChI is InChI=1S/C15H5ClF6O2/c16-6-3-7(17)5-8(4-6)24-10-2-1-9(15(20,21)22)11-12(10)14(18,19)13(11)23/h1-5H. The first kappa shape index (κ1) is 16.6. The largest absolute Gasteiger partial charge is 0.457 e. The van der Waals surface area contributed by atoms with Crippen LogP contribution < -0.4 is 4.74 Å². The lowest BCUT2D eigenvalue weighted by atomic mass is 9.79. The van der Waals surface area contributed by atoms with Gasteiger partial charge in [-0.05, 0) is 24.3 Å². The van der Waals surface area contributed by atoms with E-state index in [1.165, 1.54) is 0 Å². The van der Waals surface area contributed by atoms with Gasteiger partial charge in [-0.25, -0.2) is 4.39 Å². The Balaban J connectivity index is 2.13. The molecule has 0 amide bonds. The molecule has 0 N–H and O–H groups in total. The molecule has 3 rings (SSSR count). The summed E-state index contributed by atoms with van der Waals surface area (Å²) in [6.45, 7) is 0. The molecule has 0 atom stereocenters. The fraction of sp³-hybridized carbons (Fsp3) is 0.133. The van der Waals surface area contributed by atoms with Crippen LogP contribution in [0.3, 0.4) is 0 Å². The molecule has 0 heterocycles. The third-order valence-electron chi connectivity index (χ3n) is 3.36. The van der Waals surface area contributed by atoms with Crippen LogP contribution in [-0.4, -0.2) is 5.78 Å². The first-order valence-corrected chi connectivity index (χ1v) is 6.71. The first-order valence-electron chi connectivity index (χ1n) is 6.33. The van der Waals surface area contributed by atoms with Gasteiger partial charge >= 0.3 is 12.1 Å². The lowest BCUT2D eigenvalue weighted by Crippen LogP contribution is -2.41. The summed E-state index contributed by atoms with van der Waals surface area (Å²) >= 11 is 5.59. The average molecular weight is 367 g/mol. The van der Waals surface area contributed by atoms with Gasteiger partial charge < -0.3 is 4.74 Å². The van der Waals surface area contributed by atoms with E-state index in [9.17, 15) is 31.1 Å². The number of rotatable bonds is 2. The Morgan fingerprint density at radius 1 is 1.08 bits per heavy atom. The number of alkyl halides is 5. The van der Waals surface area contributed by atoms with Gasteiger partial charge in [0, 0.05) is 11.1 Å². The van der Waals surface area contributed by atoms with E-state index in [1.54, 1.807) is 0 Å². The monoisotopic (exact) mass is 366 g/mol. The van der Waals surface area contributed by atoms with Crippen molar-refractivity contribution in [2.45, 2.75) is 12.1 Å². The van der Waals surface area contributed by atoms with E-state index < -0.39 is 46.1 Å². The molecule has 0 aromatic heterocycles. The molecule has 126 valence electrons. The maximum Gasteiger partial charge on any atom is 0.417 e. The smallest absolute Gasteiger partial charge is 0.417 e. The molecule has 2 nitrogen and oxygen atoms in total. The molecule has 0 unspecified atom stereocenters. The Morgan fingerprint density at radius 2 is 1.75 bits per heavy atom. The molecule has 2 aromatic carbocycles. The van der Waals surface area contributed by atoms with Crippen molar-refractivity contribution < 1.29 is 35.9 Å². The Kier molecular flexibility index (Phi) is 3.56. The summed E-state index contributed by atoms with van der Waals surface area (Å²) in [5.41, 5.74) is -3.80. The predicted molar refractivity (Wildman–Crippen MR) is 71.2 cm³/mol. The quantitative estimate of drug-likeness (QED) is 0.649. The Morgan fingerprint density at radius 3 is 2.33 bits per heavy atom. The summed E-state index contributed by atoms with van der Waals surface area (Å²) in [6, 6.07) is 3.95. The average Bonchev–Trinajstić information content (AvgIpc) is 2.43. The molecular weight excluding hydrogens is 362 g/mol. The van der Waals surface area contributed by atoms with E-state index in [0.717, 1.165) is 18.2 Å². The Labute approximate surface area is 135 Å². The minimum atomic E-state index is -4.98. The third-order valence-corrected chi connectivity index (χ3v) is 3.58. The van der Waals surface area contributed by atoms with E-state index in [2.05, 4.69) is 0 Å². The van der Waals surface area contributed by atoms with Crippen LogP contribution in [0, 0.1) is 5.82 Å². The minimum Gasteiger partial charge on any atom is -0.457 e. The second-order valence-corrected chi connectivity index (χ2v) is 5.41. The van der Waals surface area contributed by atoms with Crippen LogP contribution in [0.5, 0.6) is 11.5 Å². The SMILES string of the molecule is O=C1c2c(C(F)(F)F)ccc(Oc3cc(F)cc(Cl)c3)c2C1(F)F. The number of Topliss-reactive ketones (excluding diaryl/α,β-unsaturated/α-hetero) is 1. The fourth-order valence-electron chi connectivity index (χ4n) is 2.37. The first-order chi connectivity index (χ1) is 11.0. The van der Waals surface area contributed by atoms with Crippen LogP contribution in [0.2, 0.25) is 5.02 Å². The lowest BCUT2D eigenvalue weighted by molar-refractivity contribution is -0.139. The van der Waals surface area contributed by atoms with Gasteiger partial charge in [-0.3, -0.25) is 4.79 Å². The molecule has 1 aliphatic rings. The molecule has 0 fully saturated rings. The second kappa shape index (κ2) is 5.14. The fourth-order valence-corrected chi connectivity index (χ4v) is 2.59. The van der Waals surface area contributed by atoms with Gasteiger partial charge in [0.15, 0.2) is 0 Å². The summed E-state index contributed by atoms with van der Waals surface area (Å²) < 4.78 is 84.3. The number of carbonyl (C=O) groups excluding carboxylic acids is 1. The molecule has 0 radical (unpaired) electrons. The van der Waals surface area contributed by atoms with Crippen molar-refractivity contribution >= 4 is 17.4 Å². The van der Waals surface area contributed by atoms with Crippen LogP contribution in [0.4, 0.5) is 26.3 Å². The molecule has 9 heteroatoms. The summed E-state index contributed by atoms with van der Waals surface area (Å²) in [6.07, 6.45) is -4.98. The van der Waals surface area contributed by atoms with Crippen molar-refractivity contribution in [1.29, 1.82) is 0 Å². The summed E-state index contributed by atoms with van der Waals surface area (Å²) in [4.78, 5) is 11.4. The molecule has 0 aliphatic heterocycles. The second-order valence-electron chi connectivity index (χ2n) is 4.97. The molecule has 0 saturated heterocycles. The van der Waals surface area contributed by atoms with Crippen LogP contribution >= 0.6 is 11.6 Å². The molecule has 0 bridgehead atoms. The normalized spacial score (nSPS) is 15.7. The van der Waals surface area contributed by atoms with Crippen molar-refractivity contribution in [3.05, 3.63) is 57.9 Å². The summed E-state index contributed by atoms with van der Waals surface area (Å²) in [7, 11) is 0. The highest BCUT2D eigenvalue weighted by atomic mass is 35.5. The number of ether oxygens (including phenoxy) is 1. The van der Waals surface area contributed by atoms with Gasteiger partial charge in [0.2, 0.25) is 5.78 Å². The number of ketones is 1. The topological polar surface area (TPSA) is 26.3 Å². The summed E-state index contributed by atoms with van der Waals surface area (Å²) in [5.74, 6) is -7.84. The summed E-state index contributed by atoms with van der Waals surface area (Å²) in [5, 5.41) is -0.0985. The zero-order valence-electron chi connectivity index (χ0n) is 11.3. The maximum atomic E-state index is 13.7. The Bertz CT molecular complexity index is 840. The zero-order chi connectivity index (χ0) is 17.9. The van der Waals surface area contributed by atoms with E-state index in [0.29, 0.717) is 12.1 Å². The van der Waals surface area contributed by atoms with Crippen molar-refractivity contribution in [2.75, 3.05) is 0 Å². The number of hydrogen-bond acceptors (Lipinski definition) is 2. The van der Waals surface area contributed by atoms with E-state index >= 15 is 0 Å². The van der Waals surface area contributed by atoms with Gasteiger partial charge in [0.25, 0.3) is 0 Å². The Hall–Kier alpha value is -2.22. The van der Waals surface area contributed by atoms with Crippen molar-refractivity contribution in [1.82, 2.24) is 0 Å².